The van der Waals surface area contributed by atoms with Gasteiger partial charge in [0.25, 0.3) is 0 Å². The minimum absolute atomic E-state index is 0.0707. The fourth-order valence-corrected chi connectivity index (χ4v) is 5.30. The van der Waals surface area contributed by atoms with Crippen molar-refractivity contribution in [3.05, 3.63) is 35.9 Å². The fraction of sp³-hybridized carbons (Fsp3) is 0.571. The Hall–Kier alpha value is -3.25. The summed E-state index contributed by atoms with van der Waals surface area (Å²) in [7, 11) is 0. The number of β-amino-alcohol motifs (C(OH)–C–C–N with tert-alkyl or cyclic N) is 1. The first-order chi connectivity index (χ1) is 15.8. The molecule has 0 saturated carbocycles. The van der Waals surface area contributed by atoms with Crippen LogP contribution in [0.1, 0.15) is 44.9 Å². The summed E-state index contributed by atoms with van der Waals surface area (Å²) in [4.78, 5) is 29.0. The second-order valence-corrected chi connectivity index (χ2v) is 9.54. The molecule has 2 fully saturated rings. The third kappa shape index (κ3) is 3.89. The lowest BCUT2D eigenvalue weighted by molar-refractivity contribution is -0.139. The van der Waals surface area contributed by atoms with Gasteiger partial charge in [0.2, 0.25) is 5.91 Å². The van der Waals surface area contributed by atoms with E-state index in [1.54, 1.807) is 17.0 Å². The lowest BCUT2D eigenvalue weighted by Crippen LogP contribution is -2.46. The van der Waals surface area contributed by atoms with Gasteiger partial charge in [0.05, 0.1) is 16.8 Å². The highest BCUT2D eigenvalue weighted by molar-refractivity contribution is 5.91. The summed E-state index contributed by atoms with van der Waals surface area (Å²) in [5.74, 6) is 0.140. The summed E-state index contributed by atoms with van der Waals surface area (Å²) < 4.78 is 6.43. The zero-order valence-corrected chi connectivity index (χ0v) is 18.6. The number of aliphatic hydroxyl groups excluding tert-OH is 1. The molecule has 33 heavy (non-hydrogen) atoms. The number of ether oxygens (including phenoxy) is 1. The van der Waals surface area contributed by atoms with E-state index < -0.39 is 17.5 Å². The van der Waals surface area contributed by atoms with E-state index in [9.17, 15) is 14.7 Å². The average Bonchev–Trinajstić information content (AvgIpc) is 3.50. The van der Waals surface area contributed by atoms with Crippen molar-refractivity contribution >= 4 is 11.9 Å². The van der Waals surface area contributed by atoms with E-state index in [1.807, 2.05) is 13.8 Å². The van der Waals surface area contributed by atoms with Gasteiger partial charge in [-0.25, -0.2) is 4.79 Å². The van der Waals surface area contributed by atoms with E-state index in [4.69, 9.17) is 4.74 Å². The SMILES string of the molecule is CC1(C)CC2(CCN(C[C@H](O)c3ccc(-n4cnnn4)nn3)CC2)C(=O)N1C1=CC(=O)OC1. The van der Waals surface area contributed by atoms with Gasteiger partial charge < -0.3 is 19.6 Å². The Balaban J connectivity index is 1.21. The van der Waals surface area contributed by atoms with Crippen LogP contribution in [-0.4, -0.2) is 89.0 Å². The van der Waals surface area contributed by atoms with Crippen LogP contribution in [-0.2, 0) is 14.3 Å². The first kappa shape index (κ1) is 21.6. The van der Waals surface area contributed by atoms with Crippen LogP contribution in [0.2, 0.25) is 0 Å². The predicted molar refractivity (Wildman–Crippen MR) is 112 cm³/mol. The molecule has 0 aromatic carbocycles. The molecule has 2 saturated heterocycles. The van der Waals surface area contributed by atoms with Crippen LogP contribution in [0.15, 0.2) is 30.2 Å². The van der Waals surface area contributed by atoms with E-state index in [1.165, 1.54) is 17.1 Å². The molecule has 1 amide bonds. The van der Waals surface area contributed by atoms with E-state index in [0.717, 1.165) is 6.42 Å². The Labute approximate surface area is 190 Å². The molecule has 0 aliphatic carbocycles. The molecule has 12 heteroatoms. The van der Waals surface area contributed by atoms with Crippen molar-refractivity contribution in [2.24, 2.45) is 5.41 Å². The number of tetrazole rings is 1. The molecule has 3 aliphatic heterocycles. The highest BCUT2D eigenvalue weighted by Crippen LogP contribution is 2.50. The second kappa shape index (κ2) is 7.96. The first-order valence-corrected chi connectivity index (χ1v) is 11.0. The Kier molecular flexibility index (Phi) is 5.20. The molecule has 0 radical (unpaired) electrons. The maximum Gasteiger partial charge on any atom is 0.333 e. The number of hydrogen-bond acceptors (Lipinski definition) is 10. The summed E-state index contributed by atoms with van der Waals surface area (Å²) in [6, 6.07) is 3.41. The lowest BCUT2D eigenvalue weighted by Gasteiger charge is -2.38. The van der Waals surface area contributed by atoms with Gasteiger partial charge in [-0.15, -0.1) is 10.2 Å². The van der Waals surface area contributed by atoms with Crippen molar-refractivity contribution in [2.75, 3.05) is 26.2 Å². The zero-order valence-electron chi connectivity index (χ0n) is 18.6. The number of rotatable bonds is 5. The van der Waals surface area contributed by atoms with Crippen LogP contribution < -0.4 is 0 Å². The number of carbonyl (C=O) groups is 2. The summed E-state index contributed by atoms with van der Waals surface area (Å²) >= 11 is 0. The molecule has 1 atom stereocenters. The van der Waals surface area contributed by atoms with Gasteiger partial charge in [-0.1, -0.05) is 0 Å². The smallest absolute Gasteiger partial charge is 0.333 e. The number of amides is 1. The monoisotopic (exact) mass is 454 g/mol. The average molecular weight is 454 g/mol. The normalized spacial score (nSPS) is 23.1. The molecule has 1 spiro atoms. The molecule has 12 nitrogen and oxygen atoms in total. The molecule has 0 bridgehead atoms. The zero-order chi connectivity index (χ0) is 23.2. The topological polar surface area (TPSA) is 139 Å². The molecule has 2 aromatic rings. The largest absolute Gasteiger partial charge is 0.456 e. The third-order valence-electron chi connectivity index (χ3n) is 6.81. The van der Waals surface area contributed by atoms with E-state index >= 15 is 0 Å². The van der Waals surface area contributed by atoms with Gasteiger partial charge in [-0.05, 0) is 68.8 Å². The third-order valence-corrected chi connectivity index (χ3v) is 6.81. The Morgan fingerprint density at radius 1 is 1.18 bits per heavy atom. The summed E-state index contributed by atoms with van der Waals surface area (Å²) in [5.41, 5.74) is 0.280. The molecule has 3 aliphatic rings. The van der Waals surface area contributed by atoms with Gasteiger partial charge in [0.15, 0.2) is 5.82 Å². The summed E-state index contributed by atoms with van der Waals surface area (Å²) in [6.07, 6.45) is 4.17. The number of aromatic nitrogens is 6. The Bertz CT molecular complexity index is 1070. The van der Waals surface area contributed by atoms with Crippen LogP contribution in [0.25, 0.3) is 5.82 Å². The number of hydrogen-bond donors (Lipinski definition) is 1. The Morgan fingerprint density at radius 2 is 1.97 bits per heavy atom. The van der Waals surface area contributed by atoms with Crippen LogP contribution in [0, 0.1) is 5.41 Å². The molecular formula is C21H26N8O4. The van der Waals surface area contributed by atoms with E-state index in [-0.39, 0.29) is 18.1 Å². The van der Waals surface area contributed by atoms with Crippen LogP contribution in [0.3, 0.4) is 0 Å². The highest BCUT2D eigenvalue weighted by Gasteiger charge is 2.57. The Morgan fingerprint density at radius 3 is 2.58 bits per heavy atom. The number of aliphatic hydroxyl groups is 1. The molecule has 174 valence electrons. The molecule has 5 heterocycles. The van der Waals surface area contributed by atoms with Gasteiger partial charge in [0, 0.05) is 18.2 Å². The van der Waals surface area contributed by atoms with Gasteiger partial charge >= 0.3 is 5.97 Å². The fourth-order valence-electron chi connectivity index (χ4n) is 5.30. The van der Waals surface area contributed by atoms with Crippen molar-refractivity contribution in [3.63, 3.8) is 0 Å². The number of cyclic esters (lactones) is 1. The van der Waals surface area contributed by atoms with Crippen LogP contribution in [0.4, 0.5) is 0 Å². The van der Waals surface area contributed by atoms with Crippen molar-refractivity contribution in [2.45, 2.75) is 44.8 Å². The number of nitrogens with zero attached hydrogens (tertiary/aromatic N) is 8. The number of piperidine rings is 1. The maximum atomic E-state index is 13.5. The molecule has 0 unspecified atom stereocenters. The number of esters is 1. The standard InChI is InChI=1S/C21H26N8O4/c1-20(2)12-21(19(32)29(20)14-9-18(31)33-11-14)5-7-27(8-6-21)10-16(30)15-3-4-17(24-23-15)28-13-22-25-26-28/h3-4,9,13,16,30H,5-8,10-12H2,1-2H3/t16-/m0/s1. The first-order valence-electron chi connectivity index (χ1n) is 11.0. The van der Waals surface area contributed by atoms with Crippen molar-refractivity contribution in [1.82, 2.24) is 40.2 Å². The summed E-state index contributed by atoms with van der Waals surface area (Å²) in [5, 5.41) is 29.8. The minimum Gasteiger partial charge on any atom is -0.456 e. The molecule has 2 aromatic heterocycles. The van der Waals surface area contributed by atoms with Gasteiger partial charge in [0.1, 0.15) is 19.0 Å². The summed E-state index contributed by atoms with van der Waals surface area (Å²) in [6.45, 7) is 6.02. The minimum atomic E-state index is -0.798. The van der Waals surface area contributed by atoms with Crippen molar-refractivity contribution < 1.29 is 19.4 Å². The number of carbonyl (C=O) groups excluding carboxylic acids is 2. The van der Waals surface area contributed by atoms with Crippen LogP contribution in [0.5, 0.6) is 0 Å². The molecule has 1 N–H and O–H groups in total. The maximum absolute atomic E-state index is 13.5. The number of likely N-dealkylation sites (tertiary alicyclic amines) is 2. The van der Waals surface area contributed by atoms with Gasteiger partial charge in [-0.2, -0.15) is 9.78 Å². The van der Waals surface area contributed by atoms with Crippen LogP contribution >= 0.6 is 0 Å². The second-order valence-electron chi connectivity index (χ2n) is 9.54. The van der Waals surface area contributed by atoms with Crippen molar-refractivity contribution in [3.8, 4) is 5.82 Å². The lowest BCUT2D eigenvalue weighted by atomic mass is 9.74. The highest BCUT2D eigenvalue weighted by atomic mass is 16.5. The van der Waals surface area contributed by atoms with Gasteiger partial charge in [-0.3, -0.25) is 4.79 Å². The molecule has 5 rings (SSSR count). The quantitative estimate of drug-likeness (QED) is 0.615. The molecular weight excluding hydrogens is 428 g/mol. The van der Waals surface area contributed by atoms with E-state index in [0.29, 0.717) is 49.7 Å². The van der Waals surface area contributed by atoms with Crippen molar-refractivity contribution in [1.29, 1.82) is 0 Å². The van der Waals surface area contributed by atoms with E-state index in [2.05, 4.69) is 30.6 Å². The predicted octanol–water partition coefficient (Wildman–Crippen LogP) is 0.0195.